The summed E-state index contributed by atoms with van der Waals surface area (Å²) >= 11 is 0. The van der Waals surface area contributed by atoms with Crippen molar-refractivity contribution in [2.24, 2.45) is 11.3 Å². The van der Waals surface area contributed by atoms with E-state index in [0.29, 0.717) is 19.0 Å². The molecule has 0 radical (unpaired) electrons. The highest BCUT2D eigenvalue weighted by Crippen LogP contribution is 2.52. The third-order valence-electron chi connectivity index (χ3n) is 7.05. The second-order valence-electron chi connectivity index (χ2n) is 8.06. The largest absolute Gasteiger partial charge is 0.480 e. The molecule has 1 saturated heterocycles. The number of nitrogens with zero attached hydrogens (tertiary/aromatic N) is 2. The number of piperidine rings is 1. The van der Waals surface area contributed by atoms with E-state index < -0.39 is 5.97 Å². The Labute approximate surface area is 163 Å². The van der Waals surface area contributed by atoms with E-state index in [9.17, 15) is 9.59 Å². The number of nitrogens with one attached hydrogen (secondary N) is 1. The Morgan fingerprint density at radius 2 is 1.81 bits per heavy atom. The smallest absolute Gasteiger partial charge is 0.317 e. The zero-order valence-electron chi connectivity index (χ0n) is 17.5. The summed E-state index contributed by atoms with van der Waals surface area (Å²) in [6.07, 6.45) is 3.81. The van der Waals surface area contributed by atoms with Crippen LogP contribution in [0.4, 0.5) is 4.79 Å². The molecule has 0 aromatic heterocycles. The van der Waals surface area contributed by atoms with Crippen molar-refractivity contribution in [3.63, 3.8) is 0 Å². The Morgan fingerprint density at radius 3 is 2.26 bits per heavy atom. The van der Waals surface area contributed by atoms with Crippen LogP contribution in [-0.4, -0.2) is 78.4 Å². The standard InChI is InChI=1S/C20H37N3O4/c1-6-20(7-2)17(14(4)18(20)27-5)21-19(26)23-11-9-15(10-12-23)22(8-3)13-16(24)25/h14-15,17-18H,6-13H2,1-5H3,(H,21,26)(H,24,25). The minimum atomic E-state index is -0.792. The lowest BCUT2D eigenvalue weighted by Gasteiger charge is -2.60. The van der Waals surface area contributed by atoms with E-state index in [0.717, 1.165) is 32.2 Å². The number of rotatable bonds is 8. The number of aliphatic carboxylic acids is 1. The van der Waals surface area contributed by atoms with Gasteiger partial charge in [0.15, 0.2) is 0 Å². The Hall–Kier alpha value is -1.34. The van der Waals surface area contributed by atoms with Crippen LogP contribution in [0.1, 0.15) is 53.4 Å². The summed E-state index contributed by atoms with van der Waals surface area (Å²) < 4.78 is 5.72. The minimum absolute atomic E-state index is 0.00686. The van der Waals surface area contributed by atoms with E-state index in [2.05, 4.69) is 26.1 Å². The van der Waals surface area contributed by atoms with Crippen LogP contribution in [0.15, 0.2) is 0 Å². The molecule has 2 rings (SSSR count). The van der Waals surface area contributed by atoms with Crippen LogP contribution in [-0.2, 0) is 9.53 Å². The number of carbonyl (C=O) groups is 2. The molecule has 0 spiro atoms. The highest BCUT2D eigenvalue weighted by Gasteiger charge is 2.59. The third-order valence-corrected chi connectivity index (χ3v) is 7.05. The fraction of sp³-hybridized carbons (Fsp3) is 0.900. The molecule has 2 fully saturated rings. The summed E-state index contributed by atoms with van der Waals surface area (Å²) in [5.41, 5.74) is 0.0165. The van der Waals surface area contributed by atoms with E-state index in [-0.39, 0.29) is 36.2 Å². The molecule has 1 aliphatic carbocycles. The molecule has 7 nitrogen and oxygen atoms in total. The zero-order chi connectivity index (χ0) is 20.2. The molecule has 156 valence electrons. The van der Waals surface area contributed by atoms with Crippen LogP contribution in [0.3, 0.4) is 0 Å². The van der Waals surface area contributed by atoms with Crippen LogP contribution < -0.4 is 5.32 Å². The van der Waals surface area contributed by atoms with Gasteiger partial charge in [-0.3, -0.25) is 9.69 Å². The average Bonchev–Trinajstić information content (AvgIpc) is 2.67. The van der Waals surface area contributed by atoms with Crippen molar-refractivity contribution >= 4 is 12.0 Å². The average molecular weight is 384 g/mol. The quantitative estimate of drug-likeness (QED) is 0.673. The van der Waals surface area contributed by atoms with Gasteiger partial charge in [0, 0.05) is 43.6 Å². The molecule has 7 heteroatoms. The first-order valence-electron chi connectivity index (χ1n) is 10.4. The number of likely N-dealkylation sites (tertiary alicyclic amines) is 1. The molecular formula is C20H37N3O4. The molecule has 1 heterocycles. The number of hydrogen-bond acceptors (Lipinski definition) is 4. The lowest BCUT2D eigenvalue weighted by atomic mass is 9.53. The molecule has 1 aliphatic heterocycles. The molecule has 3 atom stereocenters. The van der Waals surface area contributed by atoms with Crippen LogP contribution in [0.25, 0.3) is 0 Å². The maximum absolute atomic E-state index is 12.9. The van der Waals surface area contributed by atoms with Crippen LogP contribution in [0, 0.1) is 11.3 Å². The van der Waals surface area contributed by atoms with Gasteiger partial charge in [0.2, 0.25) is 0 Å². The van der Waals surface area contributed by atoms with Crippen LogP contribution in [0.2, 0.25) is 0 Å². The summed E-state index contributed by atoms with van der Waals surface area (Å²) in [5.74, 6) is -0.485. The maximum atomic E-state index is 12.9. The molecular weight excluding hydrogens is 346 g/mol. The number of likely N-dealkylation sites (N-methyl/N-ethyl adjacent to an activating group) is 1. The molecule has 2 aliphatic rings. The van der Waals surface area contributed by atoms with Crippen LogP contribution in [0.5, 0.6) is 0 Å². The number of amides is 2. The Kier molecular flexibility index (Phi) is 7.51. The Balaban J connectivity index is 1.92. The first-order chi connectivity index (χ1) is 12.8. The van der Waals surface area contributed by atoms with Gasteiger partial charge in [0.05, 0.1) is 12.6 Å². The summed E-state index contributed by atoms with van der Waals surface area (Å²) in [4.78, 5) is 27.7. The topological polar surface area (TPSA) is 82.1 Å². The summed E-state index contributed by atoms with van der Waals surface area (Å²) in [6.45, 7) is 10.6. The molecule has 0 bridgehead atoms. The lowest BCUT2D eigenvalue weighted by Crippen LogP contribution is -2.71. The number of carboxylic acid groups (broad SMARTS) is 1. The highest BCUT2D eigenvalue weighted by molar-refractivity contribution is 5.75. The summed E-state index contributed by atoms with van der Waals surface area (Å²) in [5, 5.41) is 12.3. The van der Waals surface area contributed by atoms with Gasteiger partial charge in [-0.25, -0.2) is 4.79 Å². The summed E-state index contributed by atoms with van der Waals surface area (Å²) in [7, 11) is 1.76. The molecule has 1 saturated carbocycles. The normalized spacial score (nSPS) is 28.1. The fourth-order valence-corrected chi connectivity index (χ4v) is 5.43. The Morgan fingerprint density at radius 1 is 1.22 bits per heavy atom. The monoisotopic (exact) mass is 383 g/mol. The predicted octanol–water partition coefficient (Wildman–Crippen LogP) is 2.41. The van der Waals surface area contributed by atoms with Crippen molar-refractivity contribution in [1.82, 2.24) is 15.1 Å². The first-order valence-corrected chi connectivity index (χ1v) is 10.4. The van der Waals surface area contributed by atoms with Crippen LogP contribution >= 0.6 is 0 Å². The molecule has 27 heavy (non-hydrogen) atoms. The van der Waals surface area contributed by atoms with Gasteiger partial charge in [-0.1, -0.05) is 27.7 Å². The van der Waals surface area contributed by atoms with Crippen molar-refractivity contribution in [2.75, 3.05) is 33.3 Å². The van der Waals surface area contributed by atoms with E-state index >= 15 is 0 Å². The van der Waals surface area contributed by atoms with E-state index in [1.807, 2.05) is 16.7 Å². The number of carbonyl (C=O) groups excluding carboxylic acids is 1. The van der Waals surface area contributed by atoms with Crippen molar-refractivity contribution in [1.29, 1.82) is 0 Å². The SMILES string of the molecule is CCN(CC(=O)O)C1CCN(C(=O)NC2C(C)C(OC)C2(CC)CC)CC1. The number of carboxylic acids is 1. The van der Waals surface area contributed by atoms with E-state index in [1.165, 1.54) is 0 Å². The number of urea groups is 1. The highest BCUT2D eigenvalue weighted by atomic mass is 16.5. The molecule has 0 aromatic rings. The Bertz CT molecular complexity index is 515. The number of ether oxygens (including phenoxy) is 1. The molecule has 0 aromatic carbocycles. The van der Waals surface area contributed by atoms with E-state index in [4.69, 9.17) is 9.84 Å². The van der Waals surface area contributed by atoms with Gasteiger partial charge in [-0.2, -0.15) is 0 Å². The second-order valence-corrected chi connectivity index (χ2v) is 8.06. The number of hydrogen-bond donors (Lipinski definition) is 2. The molecule has 2 amide bonds. The predicted molar refractivity (Wildman–Crippen MR) is 105 cm³/mol. The third kappa shape index (κ3) is 4.24. The van der Waals surface area contributed by atoms with Gasteiger partial charge >= 0.3 is 12.0 Å². The van der Waals surface area contributed by atoms with Crippen molar-refractivity contribution in [3.8, 4) is 0 Å². The first kappa shape index (κ1) is 22.0. The van der Waals surface area contributed by atoms with Gasteiger partial charge in [0.1, 0.15) is 0 Å². The minimum Gasteiger partial charge on any atom is -0.480 e. The van der Waals surface area contributed by atoms with Gasteiger partial charge in [0.25, 0.3) is 0 Å². The zero-order valence-corrected chi connectivity index (χ0v) is 17.5. The second kappa shape index (κ2) is 9.24. The van der Waals surface area contributed by atoms with Gasteiger partial charge < -0.3 is 20.1 Å². The van der Waals surface area contributed by atoms with Gasteiger partial charge in [-0.05, 0) is 32.2 Å². The van der Waals surface area contributed by atoms with Crippen molar-refractivity contribution in [3.05, 3.63) is 0 Å². The molecule has 3 unspecified atom stereocenters. The molecule has 2 N–H and O–H groups in total. The summed E-state index contributed by atoms with van der Waals surface area (Å²) in [6, 6.07) is 0.384. The van der Waals surface area contributed by atoms with Gasteiger partial charge in [-0.15, -0.1) is 0 Å². The lowest BCUT2D eigenvalue weighted by molar-refractivity contribution is -0.164. The van der Waals surface area contributed by atoms with Crippen molar-refractivity contribution < 1.29 is 19.4 Å². The van der Waals surface area contributed by atoms with E-state index in [1.54, 1.807) is 7.11 Å². The van der Waals surface area contributed by atoms with Crippen molar-refractivity contribution in [2.45, 2.75) is 71.6 Å². The maximum Gasteiger partial charge on any atom is 0.317 e. The fourth-order valence-electron chi connectivity index (χ4n) is 5.43. The number of methoxy groups -OCH3 is 1.